The Labute approximate surface area is 130 Å². The molecule has 0 spiro atoms. The van der Waals surface area contributed by atoms with Crippen molar-refractivity contribution in [3.8, 4) is 11.1 Å². The van der Waals surface area contributed by atoms with E-state index in [1.807, 2.05) is 42.5 Å². The highest BCUT2D eigenvalue weighted by Gasteiger charge is 2.08. The van der Waals surface area contributed by atoms with Crippen molar-refractivity contribution in [1.82, 2.24) is 0 Å². The lowest BCUT2D eigenvalue weighted by Crippen LogP contribution is -2.09. The zero-order chi connectivity index (χ0) is 15.8. The SMILES string of the molecule is CCOC(=O)CCC(=O)Cc1ccc(-c2ccccc2)cc1. The minimum absolute atomic E-state index is 0.0560. The predicted octanol–water partition coefficient (Wildman–Crippen LogP) is 3.81. The Morgan fingerprint density at radius 3 is 2.14 bits per heavy atom. The van der Waals surface area contributed by atoms with E-state index in [0.717, 1.165) is 16.7 Å². The largest absolute Gasteiger partial charge is 0.466 e. The van der Waals surface area contributed by atoms with Crippen LogP contribution in [0, 0.1) is 0 Å². The number of carbonyl (C=O) groups is 2. The van der Waals surface area contributed by atoms with Crippen molar-refractivity contribution in [1.29, 1.82) is 0 Å². The summed E-state index contributed by atoms with van der Waals surface area (Å²) < 4.78 is 4.82. The highest BCUT2D eigenvalue weighted by Crippen LogP contribution is 2.19. The van der Waals surface area contributed by atoms with E-state index in [1.165, 1.54) is 0 Å². The molecule has 22 heavy (non-hydrogen) atoms. The molecule has 0 heterocycles. The zero-order valence-electron chi connectivity index (χ0n) is 12.7. The lowest BCUT2D eigenvalue weighted by atomic mass is 10.0. The van der Waals surface area contributed by atoms with Crippen molar-refractivity contribution in [2.45, 2.75) is 26.2 Å². The van der Waals surface area contributed by atoms with Crippen LogP contribution in [0.1, 0.15) is 25.3 Å². The van der Waals surface area contributed by atoms with Gasteiger partial charge in [-0.1, -0.05) is 54.6 Å². The molecule has 0 bridgehead atoms. The topological polar surface area (TPSA) is 43.4 Å². The van der Waals surface area contributed by atoms with Crippen LogP contribution in [-0.4, -0.2) is 18.4 Å². The van der Waals surface area contributed by atoms with Crippen LogP contribution in [0.3, 0.4) is 0 Å². The van der Waals surface area contributed by atoms with Crippen molar-refractivity contribution >= 4 is 11.8 Å². The maximum absolute atomic E-state index is 11.9. The monoisotopic (exact) mass is 296 g/mol. The lowest BCUT2D eigenvalue weighted by Gasteiger charge is -2.05. The number of hydrogen-bond acceptors (Lipinski definition) is 3. The molecule has 114 valence electrons. The van der Waals surface area contributed by atoms with Gasteiger partial charge in [-0.3, -0.25) is 9.59 Å². The minimum Gasteiger partial charge on any atom is -0.466 e. The molecule has 0 aliphatic heterocycles. The molecule has 0 aliphatic carbocycles. The van der Waals surface area contributed by atoms with E-state index in [1.54, 1.807) is 6.92 Å². The average molecular weight is 296 g/mol. The summed E-state index contributed by atoms with van der Waals surface area (Å²) in [5.41, 5.74) is 3.25. The van der Waals surface area contributed by atoms with Gasteiger partial charge in [-0.15, -0.1) is 0 Å². The van der Waals surface area contributed by atoms with Crippen molar-refractivity contribution in [2.75, 3.05) is 6.61 Å². The molecular weight excluding hydrogens is 276 g/mol. The molecular formula is C19H20O3. The highest BCUT2D eigenvalue weighted by atomic mass is 16.5. The molecule has 0 radical (unpaired) electrons. The van der Waals surface area contributed by atoms with Gasteiger partial charge in [-0.25, -0.2) is 0 Å². The first kappa shape index (κ1) is 16.0. The van der Waals surface area contributed by atoms with Gasteiger partial charge in [0.2, 0.25) is 0 Å². The average Bonchev–Trinajstić information content (AvgIpc) is 2.55. The first-order chi connectivity index (χ1) is 10.7. The van der Waals surface area contributed by atoms with Crippen LogP contribution < -0.4 is 0 Å². The Balaban J connectivity index is 1.89. The molecule has 0 saturated carbocycles. The number of carbonyl (C=O) groups excluding carboxylic acids is 2. The quantitative estimate of drug-likeness (QED) is 0.730. The molecule has 2 aromatic carbocycles. The summed E-state index contributed by atoms with van der Waals surface area (Å²) in [5.74, 6) is -0.254. The summed E-state index contributed by atoms with van der Waals surface area (Å²) in [4.78, 5) is 23.1. The van der Waals surface area contributed by atoms with Crippen LogP contribution in [-0.2, 0) is 20.7 Å². The molecule has 0 fully saturated rings. The number of Topliss-reactive ketones (excluding diaryl/α,β-unsaturated/α-hetero) is 1. The fourth-order valence-electron chi connectivity index (χ4n) is 2.24. The van der Waals surface area contributed by atoms with Gasteiger partial charge in [0.05, 0.1) is 13.0 Å². The van der Waals surface area contributed by atoms with E-state index in [2.05, 4.69) is 12.1 Å². The molecule has 0 aliphatic rings. The smallest absolute Gasteiger partial charge is 0.306 e. The molecule has 0 N–H and O–H groups in total. The number of ether oxygens (including phenoxy) is 1. The maximum Gasteiger partial charge on any atom is 0.306 e. The second kappa shape index (κ2) is 8.13. The third-order valence-electron chi connectivity index (χ3n) is 3.38. The lowest BCUT2D eigenvalue weighted by molar-refractivity contribution is -0.144. The summed E-state index contributed by atoms with van der Waals surface area (Å²) in [5, 5.41) is 0. The normalized spacial score (nSPS) is 10.2. The Bertz CT molecular complexity index is 615. The number of benzene rings is 2. The summed E-state index contributed by atoms with van der Waals surface area (Å²) in [6.07, 6.45) is 0.752. The van der Waals surface area contributed by atoms with E-state index in [9.17, 15) is 9.59 Å². The Hall–Kier alpha value is -2.42. The maximum atomic E-state index is 11.9. The fraction of sp³-hybridized carbons (Fsp3) is 0.263. The van der Waals surface area contributed by atoms with Crippen LogP contribution in [0.25, 0.3) is 11.1 Å². The molecule has 2 rings (SSSR count). The number of esters is 1. The van der Waals surface area contributed by atoms with Crippen molar-refractivity contribution in [3.63, 3.8) is 0 Å². The second-order valence-electron chi connectivity index (χ2n) is 5.08. The van der Waals surface area contributed by atoms with E-state index in [-0.39, 0.29) is 24.6 Å². The number of hydrogen-bond donors (Lipinski definition) is 0. The number of ketones is 1. The number of rotatable bonds is 7. The van der Waals surface area contributed by atoms with E-state index in [4.69, 9.17) is 4.74 Å². The van der Waals surface area contributed by atoms with Crippen molar-refractivity contribution < 1.29 is 14.3 Å². The standard InChI is InChI=1S/C19H20O3/c1-2-22-19(21)13-12-18(20)14-15-8-10-17(11-9-15)16-6-4-3-5-7-16/h3-11H,2,12-14H2,1H3. The van der Waals surface area contributed by atoms with E-state index >= 15 is 0 Å². The third kappa shape index (κ3) is 4.85. The van der Waals surface area contributed by atoms with E-state index < -0.39 is 0 Å². The molecule has 0 saturated heterocycles. The Morgan fingerprint density at radius 1 is 0.864 bits per heavy atom. The van der Waals surface area contributed by atoms with Gasteiger partial charge in [-0.2, -0.15) is 0 Å². The first-order valence-electron chi connectivity index (χ1n) is 7.50. The Kier molecular flexibility index (Phi) is 5.90. The molecule has 3 heteroatoms. The van der Waals surface area contributed by atoms with Crippen LogP contribution in [0.5, 0.6) is 0 Å². The fourth-order valence-corrected chi connectivity index (χ4v) is 2.24. The molecule has 3 nitrogen and oxygen atoms in total. The summed E-state index contributed by atoms with van der Waals surface area (Å²) in [6.45, 7) is 2.11. The van der Waals surface area contributed by atoms with Gasteiger partial charge in [-0.05, 0) is 23.6 Å². The van der Waals surface area contributed by atoms with Crippen LogP contribution >= 0.6 is 0 Å². The zero-order valence-corrected chi connectivity index (χ0v) is 12.7. The first-order valence-corrected chi connectivity index (χ1v) is 7.50. The predicted molar refractivity (Wildman–Crippen MR) is 86.5 cm³/mol. The summed E-state index contributed by atoms with van der Waals surface area (Å²) >= 11 is 0. The van der Waals surface area contributed by atoms with E-state index in [0.29, 0.717) is 13.0 Å². The van der Waals surface area contributed by atoms with Crippen LogP contribution in [0.4, 0.5) is 0 Å². The van der Waals surface area contributed by atoms with Crippen molar-refractivity contribution in [3.05, 3.63) is 60.2 Å². The Morgan fingerprint density at radius 2 is 1.50 bits per heavy atom. The van der Waals surface area contributed by atoms with Crippen LogP contribution in [0.15, 0.2) is 54.6 Å². The molecule has 0 unspecified atom stereocenters. The van der Waals surface area contributed by atoms with Gasteiger partial charge in [0.15, 0.2) is 0 Å². The van der Waals surface area contributed by atoms with Crippen LogP contribution in [0.2, 0.25) is 0 Å². The van der Waals surface area contributed by atoms with Gasteiger partial charge in [0, 0.05) is 12.8 Å². The third-order valence-corrected chi connectivity index (χ3v) is 3.38. The molecule has 0 aromatic heterocycles. The summed E-state index contributed by atoms with van der Waals surface area (Å²) in [7, 11) is 0. The second-order valence-corrected chi connectivity index (χ2v) is 5.08. The summed E-state index contributed by atoms with van der Waals surface area (Å²) in [6, 6.07) is 18.1. The minimum atomic E-state index is -0.310. The molecule has 2 aromatic rings. The highest BCUT2D eigenvalue weighted by molar-refractivity contribution is 5.84. The van der Waals surface area contributed by atoms with Gasteiger partial charge < -0.3 is 4.74 Å². The van der Waals surface area contributed by atoms with Gasteiger partial charge >= 0.3 is 5.97 Å². The van der Waals surface area contributed by atoms with Crippen molar-refractivity contribution in [2.24, 2.45) is 0 Å². The van der Waals surface area contributed by atoms with Gasteiger partial charge in [0.25, 0.3) is 0 Å². The molecule has 0 atom stereocenters. The molecule has 0 amide bonds. The van der Waals surface area contributed by atoms with Gasteiger partial charge in [0.1, 0.15) is 5.78 Å².